The molecule has 0 aliphatic heterocycles. The van der Waals surface area contributed by atoms with E-state index < -0.39 is 0 Å². The summed E-state index contributed by atoms with van der Waals surface area (Å²) in [5, 5.41) is 6.61. The molecule has 0 spiro atoms. The second kappa shape index (κ2) is 8.43. The van der Waals surface area contributed by atoms with Gasteiger partial charge in [-0.1, -0.05) is 0 Å². The number of hydrogen-bond donors (Lipinski definition) is 3. The van der Waals surface area contributed by atoms with Gasteiger partial charge in [0.2, 0.25) is 5.91 Å². The molecule has 0 saturated heterocycles. The molecular formula is C9H19N3O2S. The van der Waals surface area contributed by atoms with E-state index in [4.69, 9.17) is 22.7 Å². The van der Waals surface area contributed by atoms with Crippen LogP contribution in [0, 0.1) is 0 Å². The normalized spacial score (nSPS) is 11.9. The molecule has 0 radical (unpaired) electrons. The fourth-order valence-electron chi connectivity index (χ4n) is 1.03. The number of primary amides is 1. The largest absolute Gasteiger partial charge is 0.383 e. The molecule has 1 atom stereocenters. The van der Waals surface area contributed by atoms with E-state index in [-0.39, 0.29) is 11.9 Å². The minimum absolute atomic E-state index is 0.172. The number of nitrogens with two attached hydrogens (primary N) is 1. The Balaban J connectivity index is 3.44. The van der Waals surface area contributed by atoms with Crippen molar-refractivity contribution in [2.45, 2.75) is 25.8 Å². The molecule has 0 aliphatic carbocycles. The van der Waals surface area contributed by atoms with Crippen molar-refractivity contribution >= 4 is 23.2 Å². The highest BCUT2D eigenvalue weighted by Gasteiger charge is 2.02. The number of methoxy groups -OCH3 is 1. The summed E-state index contributed by atoms with van der Waals surface area (Å²) in [5.74, 6) is -0.288. The number of thiocarbonyl (C=S) groups is 1. The molecule has 15 heavy (non-hydrogen) atoms. The van der Waals surface area contributed by atoms with E-state index in [0.717, 1.165) is 0 Å². The lowest BCUT2D eigenvalue weighted by Gasteiger charge is -2.15. The zero-order valence-electron chi connectivity index (χ0n) is 9.21. The first-order chi connectivity index (χ1) is 7.06. The lowest BCUT2D eigenvalue weighted by atomic mass is 10.3. The van der Waals surface area contributed by atoms with Crippen molar-refractivity contribution in [3.63, 3.8) is 0 Å². The molecule has 88 valence electrons. The van der Waals surface area contributed by atoms with Crippen LogP contribution in [0.25, 0.3) is 0 Å². The van der Waals surface area contributed by atoms with Crippen molar-refractivity contribution < 1.29 is 9.53 Å². The van der Waals surface area contributed by atoms with Crippen LogP contribution in [0.15, 0.2) is 0 Å². The maximum absolute atomic E-state index is 10.4. The van der Waals surface area contributed by atoms with Gasteiger partial charge >= 0.3 is 0 Å². The summed E-state index contributed by atoms with van der Waals surface area (Å²) >= 11 is 5.03. The minimum Gasteiger partial charge on any atom is -0.383 e. The van der Waals surface area contributed by atoms with Crippen LogP contribution in [0.3, 0.4) is 0 Å². The Labute approximate surface area is 95.7 Å². The van der Waals surface area contributed by atoms with Crippen LogP contribution < -0.4 is 16.4 Å². The molecule has 5 nitrogen and oxygen atoms in total. The van der Waals surface area contributed by atoms with E-state index in [1.807, 2.05) is 6.92 Å². The first-order valence-electron chi connectivity index (χ1n) is 4.88. The monoisotopic (exact) mass is 233 g/mol. The Bertz CT molecular complexity index is 212. The summed E-state index contributed by atoms with van der Waals surface area (Å²) in [5.41, 5.74) is 5.00. The van der Waals surface area contributed by atoms with Crippen molar-refractivity contribution in [2.75, 3.05) is 20.3 Å². The molecular weight excluding hydrogens is 214 g/mol. The van der Waals surface area contributed by atoms with Gasteiger partial charge in [0.05, 0.1) is 6.61 Å². The quantitative estimate of drug-likeness (QED) is 0.417. The van der Waals surface area contributed by atoms with E-state index in [9.17, 15) is 4.79 Å². The number of hydrogen-bond acceptors (Lipinski definition) is 3. The van der Waals surface area contributed by atoms with Gasteiger partial charge in [-0.2, -0.15) is 0 Å². The Morgan fingerprint density at radius 1 is 1.60 bits per heavy atom. The molecule has 0 aromatic carbocycles. The first-order valence-corrected chi connectivity index (χ1v) is 5.28. The van der Waals surface area contributed by atoms with Crippen LogP contribution in [-0.4, -0.2) is 37.3 Å². The van der Waals surface area contributed by atoms with Crippen molar-refractivity contribution in [1.29, 1.82) is 0 Å². The summed E-state index contributed by atoms with van der Waals surface area (Å²) in [6.45, 7) is 3.22. The fraction of sp³-hybridized carbons (Fsp3) is 0.778. The smallest absolute Gasteiger partial charge is 0.217 e. The average Bonchev–Trinajstić information content (AvgIpc) is 2.12. The van der Waals surface area contributed by atoms with E-state index in [1.165, 1.54) is 0 Å². The van der Waals surface area contributed by atoms with Gasteiger partial charge in [-0.25, -0.2) is 0 Å². The van der Waals surface area contributed by atoms with Crippen LogP contribution in [0.1, 0.15) is 19.8 Å². The standard InChI is InChI=1S/C9H19N3O2S/c1-7(6-14-2)12-9(15)11-5-3-4-8(10)13/h7H,3-6H2,1-2H3,(H2,10,13)(H2,11,12,15). The van der Waals surface area contributed by atoms with Crippen LogP contribution in [-0.2, 0) is 9.53 Å². The molecule has 0 heterocycles. The summed E-state index contributed by atoms with van der Waals surface area (Å²) in [7, 11) is 1.64. The molecule has 0 fully saturated rings. The van der Waals surface area contributed by atoms with Crippen molar-refractivity contribution in [2.24, 2.45) is 5.73 Å². The van der Waals surface area contributed by atoms with Crippen LogP contribution in [0.2, 0.25) is 0 Å². The van der Waals surface area contributed by atoms with Crippen molar-refractivity contribution in [1.82, 2.24) is 10.6 Å². The number of carbonyl (C=O) groups is 1. The predicted molar refractivity (Wildman–Crippen MR) is 63.5 cm³/mol. The SMILES string of the molecule is COCC(C)NC(=S)NCCCC(N)=O. The maximum atomic E-state index is 10.4. The number of ether oxygens (including phenoxy) is 1. The molecule has 0 aliphatic rings. The van der Waals surface area contributed by atoms with Gasteiger partial charge < -0.3 is 21.1 Å². The predicted octanol–water partition coefficient (Wildman–Crippen LogP) is -0.249. The third-order valence-corrected chi connectivity index (χ3v) is 1.94. The second-order valence-electron chi connectivity index (χ2n) is 3.33. The van der Waals surface area contributed by atoms with Gasteiger partial charge in [-0.15, -0.1) is 0 Å². The lowest BCUT2D eigenvalue weighted by Crippen LogP contribution is -2.42. The molecule has 0 rings (SSSR count). The molecule has 1 unspecified atom stereocenters. The minimum atomic E-state index is -0.288. The fourth-order valence-corrected chi connectivity index (χ4v) is 1.33. The Morgan fingerprint density at radius 2 is 2.27 bits per heavy atom. The zero-order valence-corrected chi connectivity index (χ0v) is 10.0. The highest BCUT2D eigenvalue weighted by atomic mass is 32.1. The number of carbonyl (C=O) groups excluding carboxylic acids is 1. The molecule has 6 heteroatoms. The Kier molecular flexibility index (Phi) is 7.94. The van der Waals surface area contributed by atoms with E-state index in [2.05, 4.69) is 10.6 Å². The van der Waals surface area contributed by atoms with Gasteiger partial charge in [-0.3, -0.25) is 4.79 Å². The van der Waals surface area contributed by atoms with Crippen LogP contribution in [0.5, 0.6) is 0 Å². The second-order valence-corrected chi connectivity index (χ2v) is 3.73. The molecule has 0 bridgehead atoms. The third kappa shape index (κ3) is 9.42. The van der Waals surface area contributed by atoms with Crippen molar-refractivity contribution in [3.8, 4) is 0 Å². The van der Waals surface area contributed by atoms with Crippen molar-refractivity contribution in [3.05, 3.63) is 0 Å². The third-order valence-electron chi connectivity index (χ3n) is 1.68. The van der Waals surface area contributed by atoms with Gasteiger partial charge in [0.1, 0.15) is 0 Å². The summed E-state index contributed by atoms with van der Waals surface area (Å²) in [6, 6.07) is 0.172. The van der Waals surface area contributed by atoms with Gasteiger partial charge in [-0.05, 0) is 25.6 Å². The summed E-state index contributed by atoms with van der Waals surface area (Å²) in [6.07, 6.45) is 1.07. The zero-order chi connectivity index (χ0) is 11.7. The highest BCUT2D eigenvalue weighted by molar-refractivity contribution is 7.80. The first kappa shape index (κ1) is 14.1. The molecule has 0 aromatic rings. The van der Waals surface area contributed by atoms with Gasteiger partial charge in [0.15, 0.2) is 5.11 Å². The average molecular weight is 233 g/mol. The van der Waals surface area contributed by atoms with Gasteiger partial charge in [0.25, 0.3) is 0 Å². The Hall–Kier alpha value is -0.880. The topological polar surface area (TPSA) is 76.4 Å². The summed E-state index contributed by atoms with van der Waals surface area (Å²) in [4.78, 5) is 10.4. The van der Waals surface area contributed by atoms with E-state index >= 15 is 0 Å². The molecule has 4 N–H and O–H groups in total. The number of nitrogens with one attached hydrogen (secondary N) is 2. The Morgan fingerprint density at radius 3 is 2.80 bits per heavy atom. The van der Waals surface area contributed by atoms with Crippen LogP contribution >= 0.6 is 12.2 Å². The lowest BCUT2D eigenvalue weighted by molar-refractivity contribution is -0.118. The van der Waals surface area contributed by atoms with E-state index in [0.29, 0.717) is 31.1 Å². The number of rotatable bonds is 7. The molecule has 0 aromatic heterocycles. The number of amides is 1. The highest BCUT2D eigenvalue weighted by Crippen LogP contribution is 1.86. The van der Waals surface area contributed by atoms with Gasteiger partial charge in [0, 0.05) is 26.1 Å². The summed E-state index contributed by atoms with van der Waals surface area (Å²) < 4.78 is 4.95. The van der Waals surface area contributed by atoms with Crippen LogP contribution in [0.4, 0.5) is 0 Å². The van der Waals surface area contributed by atoms with E-state index in [1.54, 1.807) is 7.11 Å². The molecule has 1 amide bonds. The molecule has 0 saturated carbocycles. The maximum Gasteiger partial charge on any atom is 0.217 e.